The fourth-order valence-electron chi connectivity index (χ4n) is 2.24. The van der Waals surface area contributed by atoms with Gasteiger partial charge in [0.2, 0.25) is 0 Å². The third kappa shape index (κ3) is 4.98. The zero-order valence-corrected chi connectivity index (χ0v) is 15.3. The van der Waals surface area contributed by atoms with E-state index in [0.717, 1.165) is 4.90 Å². The summed E-state index contributed by atoms with van der Waals surface area (Å²) in [6, 6.07) is 9.66. The van der Waals surface area contributed by atoms with Crippen molar-refractivity contribution in [2.24, 2.45) is 0 Å². The quantitative estimate of drug-likeness (QED) is 0.369. The first-order chi connectivity index (χ1) is 12.5. The fraction of sp³-hybridized carbons (Fsp3) is 0.211. The average molecular weight is 380 g/mol. The van der Waals surface area contributed by atoms with Gasteiger partial charge in [0.25, 0.3) is 0 Å². The number of halogens is 2. The minimum Gasteiger partial charge on any atom is -0.496 e. The van der Waals surface area contributed by atoms with Gasteiger partial charge in [0, 0.05) is 10.5 Å². The number of benzene rings is 2. The van der Waals surface area contributed by atoms with Gasteiger partial charge in [-0.25, -0.2) is 0 Å². The molecular formula is C19H18F2O4S. The lowest BCUT2D eigenvalue weighted by atomic mass is 10.1. The lowest BCUT2D eigenvalue weighted by Crippen LogP contribution is -2.03. The zero-order valence-electron chi connectivity index (χ0n) is 14.5. The molecule has 2 rings (SSSR count). The Morgan fingerprint density at radius 2 is 1.77 bits per heavy atom. The minimum atomic E-state index is -2.94. The number of thioether (sulfide) groups is 1. The Bertz CT molecular complexity index is 806. The normalized spacial score (nSPS) is 11.0. The molecular weight excluding hydrogens is 362 g/mol. The standard InChI is InChI=1S/C19H18F2O4S/c1-23-16-10-12(5-8-15(16)25-19(20)21)4-7-14(22)13-6-9-18(26-3)17(11-13)24-2/h4-11,19H,1-3H3/b7-4+. The average Bonchev–Trinajstić information content (AvgIpc) is 2.65. The van der Waals surface area contributed by atoms with Gasteiger partial charge in [0.05, 0.1) is 14.2 Å². The maximum atomic E-state index is 12.3. The summed E-state index contributed by atoms with van der Waals surface area (Å²) in [5.74, 6) is 0.518. The second-order valence-corrected chi connectivity index (χ2v) is 5.90. The van der Waals surface area contributed by atoms with E-state index in [9.17, 15) is 13.6 Å². The van der Waals surface area contributed by atoms with Crippen molar-refractivity contribution in [3.05, 3.63) is 53.6 Å². The van der Waals surface area contributed by atoms with Crippen molar-refractivity contribution in [3.8, 4) is 17.2 Å². The summed E-state index contributed by atoms with van der Waals surface area (Å²) in [4.78, 5) is 13.3. The van der Waals surface area contributed by atoms with Gasteiger partial charge >= 0.3 is 6.61 Å². The molecule has 138 valence electrons. The van der Waals surface area contributed by atoms with E-state index >= 15 is 0 Å². The maximum Gasteiger partial charge on any atom is 0.387 e. The summed E-state index contributed by atoms with van der Waals surface area (Å²) in [5.41, 5.74) is 1.10. The van der Waals surface area contributed by atoms with Crippen LogP contribution in [-0.4, -0.2) is 32.9 Å². The first-order valence-electron chi connectivity index (χ1n) is 7.55. The zero-order chi connectivity index (χ0) is 19.1. The molecule has 2 aromatic carbocycles. The largest absolute Gasteiger partial charge is 0.496 e. The fourth-order valence-corrected chi connectivity index (χ4v) is 2.79. The highest BCUT2D eigenvalue weighted by atomic mass is 32.2. The van der Waals surface area contributed by atoms with Gasteiger partial charge in [-0.15, -0.1) is 11.8 Å². The highest BCUT2D eigenvalue weighted by Gasteiger charge is 2.11. The molecule has 0 aliphatic heterocycles. The van der Waals surface area contributed by atoms with Crippen molar-refractivity contribution in [1.29, 1.82) is 0 Å². The van der Waals surface area contributed by atoms with Crippen LogP contribution < -0.4 is 14.2 Å². The highest BCUT2D eigenvalue weighted by Crippen LogP contribution is 2.30. The molecule has 0 aromatic heterocycles. The van der Waals surface area contributed by atoms with E-state index in [1.807, 2.05) is 12.3 Å². The molecule has 0 N–H and O–H groups in total. The van der Waals surface area contributed by atoms with Crippen LogP contribution in [0.4, 0.5) is 8.78 Å². The summed E-state index contributed by atoms with van der Waals surface area (Å²) >= 11 is 1.53. The Labute approximate surface area is 154 Å². The monoisotopic (exact) mass is 380 g/mol. The lowest BCUT2D eigenvalue weighted by Gasteiger charge is -2.10. The van der Waals surface area contributed by atoms with E-state index in [1.165, 1.54) is 37.1 Å². The molecule has 0 aliphatic rings. The molecule has 0 heterocycles. The van der Waals surface area contributed by atoms with Crippen LogP contribution in [0.2, 0.25) is 0 Å². The third-order valence-electron chi connectivity index (χ3n) is 3.50. The topological polar surface area (TPSA) is 44.8 Å². The maximum absolute atomic E-state index is 12.3. The Hall–Kier alpha value is -2.54. The second kappa shape index (κ2) is 9.24. The van der Waals surface area contributed by atoms with Crippen LogP contribution >= 0.6 is 11.8 Å². The molecule has 0 bridgehead atoms. The molecule has 0 atom stereocenters. The van der Waals surface area contributed by atoms with Gasteiger partial charge in [-0.05, 0) is 48.2 Å². The van der Waals surface area contributed by atoms with E-state index in [0.29, 0.717) is 16.9 Å². The van der Waals surface area contributed by atoms with Crippen LogP contribution in [0.25, 0.3) is 6.08 Å². The molecule has 0 unspecified atom stereocenters. The number of rotatable bonds is 8. The van der Waals surface area contributed by atoms with E-state index in [2.05, 4.69) is 4.74 Å². The molecule has 7 heteroatoms. The molecule has 0 spiro atoms. The second-order valence-electron chi connectivity index (χ2n) is 5.06. The predicted octanol–water partition coefficient (Wildman–Crippen LogP) is 4.92. The Kier molecular flexibility index (Phi) is 7.03. The Balaban J connectivity index is 2.20. The van der Waals surface area contributed by atoms with Crippen LogP contribution in [-0.2, 0) is 0 Å². The lowest BCUT2D eigenvalue weighted by molar-refractivity contribution is -0.0512. The smallest absolute Gasteiger partial charge is 0.387 e. The number of hydrogen-bond acceptors (Lipinski definition) is 5. The number of carbonyl (C=O) groups excluding carboxylic acids is 1. The first-order valence-corrected chi connectivity index (χ1v) is 8.78. The van der Waals surface area contributed by atoms with Crippen LogP contribution in [0, 0.1) is 0 Å². The molecule has 0 amide bonds. The van der Waals surface area contributed by atoms with Crippen LogP contribution in [0.3, 0.4) is 0 Å². The van der Waals surface area contributed by atoms with Gasteiger partial charge in [-0.1, -0.05) is 12.1 Å². The van der Waals surface area contributed by atoms with Crippen molar-refractivity contribution < 1.29 is 27.8 Å². The Morgan fingerprint density at radius 3 is 2.38 bits per heavy atom. The van der Waals surface area contributed by atoms with Crippen LogP contribution in [0.1, 0.15) is 15.9 Å². The molecule has 0 radical (unpaired) electrons. The predicted molar refractivity (Wildman–Crippen MR) is 97.8 cm³/mol. The Morgan fingerprint density at radius 1 is 1.04 bits per heavy atom. The van der Waals surface area contributed by atoms with Gasteiger partial charge in [0.1, 0.15) is 5.75 Å². The third-order valence-corrected chi connectivity index (χ3v) is 4.28. The van der Waals surface area contributed by atoms with Crippen LogP contribution in [0.15, 0.2) is 47.4 Å². The van der Waals surface area contributed by atoms with E-state index < -0.39 is 6.61 Å². The van der Waals surface area contributed by atoms with Crippen molar-refractivity contribution >= 4 is 23.6 Å². The highest BCUT2D eigenvalue weighted by molar-refractivity contribution is 7.98. The number of ether oxygens (including phenoxy) is 3. The molecule has 0 aliphatic carbocycles. The number of methoxy groups -OCH3 is 2. The number of alkyl halides is 2. The SMILES string of the molecule is COc1cc(/C=C/C(=O)c2ccc(SC)c(OC)c2)ccc1OC(F)F. The number of hydrogen-bond donors (Lipinski definition) is 0. The molecule has 0 fully saturated rings. The molecule has 4 nitrogen and oxygen atoms in total. The minimum absolute atomic E-state index is 0.0663. The van der Waals surface area contributed by atoms with Crippen LogP contribution in [0.5, 0.6) is 17.2 Å². The number of allylic oxidation sites excluding steroid dienone is 1. The molecule has 0 saturated carbocycles. The van der Waals surface area contributed by atoms with Gasteiger partial charge in [0.15, 0.2) is 17.3 Å². The van der Waals surface area contributed by atoms with Crippen molar-refractivity contribution in [2.75, 3.05) is 20.5 Å². The molecule has 0 saturated heterocycles. The van der Waals surface area contributed by atoms with Gasteiger partial charge < -0.3 is 14.2 Å². The van der Waals surface area contributed by atoms with Crippen molar-refractivity contribution in [1.82, 2.24) is 0 Å². The summed E-state index contributed by atoms with van der Waals surface area (Å²) in [5, 5.41) is 0. The summed E-state index contributed by atoms with van der Waals surface area (Å²) in [6.07, 6.45) is 4.90. The first kappa shape index (κ1) is 19.8. The number of carbonyl (C=O) groups is 1. The number of ketones is 1. The molecule has 2 aromatic rings. The van der Waals surface area contributed by atoms with Gasteiger partial charge in [-0.3, -0.25) is 4.79 Å². The van der Waals surface area contributed by atoms with E-state index in [-0.39, 0.29) is 17.3 Å². The van der Waals surface area contributed by atoms with Crippen molar-refractivity contribution in [3.63, 3.8) is 0 Å². The van der Waals surface area contributed by atoms with E-state index in [1.54, 1.807) is 31.4 Å². The van der Waals surface area contributed by atoms with Gasteiger partial charge in [-0.2, -0.15) is 8.78 Å². The summed E-state index contributed by atoms with van der Waals surface area (Å²) in [6.45, 7) is -2.94. The van der Waals surface area contributed by atoms with E-state index in [4.69, 9.17) is 9.47 Å². The molecule has 26 heavy (non-hydrogen) atoms. The summed E-state index contributed by atoms with van der Waals surface area (Å²) < 4.78 is 39.4. The van der Waals surface area contributed by atoms with Crippen molar-refractivity contribution in [2.45, 2.75) is 11.5 Å². The summed E-state index contributed by atoms with van der Waals surface area (Å²) in [7, 11) is 2.90.